The number of hydrogen-bond acceptors (Lipinski definition) is 5. The van der Waals surface area contributed by atoms with Gasteiger partial charge in [0, 0.05) is 35.3 Å². The van der Waals surface area contributed by atoms with Gasteiger partial charge in [-0.3, -0.25) is 0 Å². The molecule has 4 rings (SSSR count). The predicted molar refractivity (Wildman–Crippen MR) is 103 cm³/mol. The fraction of sp³-hybridized carbons (Fsp3) is 0.222. The summed E-state index contributed by atoms with van der Waals surface area (Å²) in [4.78, 5) is 3.10. The summed E-state index contributed by atoms with van der Waals surface area (Å²) in [5, 5.41) is 8.78. The van der Waals surface area contributed by atoms with Gasteiger partial charge in [-0.2, -0.15) is 0 Å². The molecule has 3 aromatic rings. The van der Waals surface area contributed by atoms with E-state index in [0.29, 0.717) is 16.8 Å². The van der Waals surface area contributed by atoms with Crippen LogP contribution < -0.4 is 4.90 Å². The number of anilines is 1. The molecular weight excluding hydrogens is 377 g/mol. The zero-order valence-corrected chi connectivity index (χ0v) is 15.9. The Morgan fingerprint density at radius 1 is 1.08 bits per heavy atom. The first-order chi connectivity index (χ1) is 12.0. The van der Waals surface area contributed by atoms with E-state index < -0.39 is 0 Å². The molecule has 4 nitrogen and oxygen atoms in total. The van der Waals surface area contributed by atoms with E-state index in [9.17, 15) is 0 Å². The minimum Gasteiger partial charge on any atom is -0.419 e. The Balaban J connectivity index is 1.60. The van der Waals surface area contributed by atoms with Crippen molar-refractivity contribution in [1.82, 2.24) is 10.2 Å². The lowest BCUT2D eigenvalue weighted by Crippen LogP contribution is -2.07. The number of thioether (sulfide) groups is 1. The van der Waals surface area contributed by atoms with Gasteiger partial charge in [0.25, 0.3) is 0 Å². The first kappa shape index (κ1) is 16.8. The van der Waals surface area contributed by atoms with Crippen LogP contribution in [0.1, 0.15) is 22.1 Å². The number of halogens is 2. The third-order valence-corrected chi connectivity index (χ3v) is 6.31. The number of benzene rings is 2. The van der Waals surface area contributed by atoms with Gasteiger partial charge in [-0.1, -0.05) is 17.7 Å². The fourth-order valence-electron chi connectivity index (χ4n) is 2.74. The molecule has 2 aromatic carbocycles. The van der Waals surface area contributed by atoms with Gasteiger partial charge in [0.15, 0.2) is 0 Å². The Bertz CT molecular complexity index is 911. The molecule has 1 aromatic heterocycles. The van der Waals surface area contributed by atoms with Crippen molar-refractivity contribution in [3.8, 4) is 11.5 Å². The zero-order valence-electron chi connectivity index (χ0n) is 13.6. The van der Waals surface area contributed by atoms with Gasteiger partial charge >= 0.3 is 0 Å². The quantitative estimate of drug-likeness (QED) is 0.544. The fourth-order valence-corrected chi connectivity index (χ4v) is 4.76. The minimum atomic E-state index is -0.221. The van der Waals surface area contributed by atoms with Crippen LogP contribution in [0.15, 0.2) is 51.8 Å². The molecule has 0 N–H and O–H groups in total. The molecule has 1 aliphatic rings. The van der Waals surface area contributed by atoms with Crippen molar-refractivity contribution in [2.45, 2.75) is 15.5 Å². The molecule has 128 valence electrons. The van der Waals surface area contributed by atoms with E-state index in [-0.39, 0.29) is 10.6 Å². The molecule has 7 heteroatoms. The summed E-state index contributed by atoms with van der Waals surface area (Å²) >= 11 is 14.3. The van der Waals surface area contributed by atoms with Crippen molar-refractivity contribution < 1.29 is 4.42 Å². The summed E-state index contributed by atoms with van der Waals surface area (Å²) in [6.07, 6.45) is 0. The predicted octanol–water partition coefficient (Wildman–Crippen LogP) is 5.58. The number of aromatic nitrogens is 2. The Kier molecular flexibility index (Phi) is 4.40. The topological polar surface area (TPSA) is 42.2 Å². The van der Waals surface area contributed by atoms with Crippen LogP contribution >= 0.6 is 35.0 Å². The van der Waals surface area contributed by atoms with E-state index in [1.165, 1.54) is 0 Å². The summed E-state index contributed by atoms with van der Waals surface area (Å²) in [6, 6.07) is 13.7. The number of rotatable bonds is 3. The molecule has 0 aliphatic carbocycles. The number of fused-ring (bicyclic) bond motifs is 1. The highest BCUT2D eigenvalue weighted by molar-refractivity contribution is 8.00. The summed E-state index contributed by atoms with van der Waals surface area (Å²) in [5.74, 6) is 1.03. The normalized spacial score (nSPS) is 19.0. The molecule has 2 heterocycles. The monoisotopic (exact) mass is 391 g/mol. The van der Waals surface area contributed by atoms with Crippen molar-refractivity contribution in [2.75, 3.05) is 19.0 Å². The molecule has 1 aliphatic heterocycles. The zero-order chi connectivity index (χ0) is 17.6. The molecule has 0 saturated carbocycles. The highest BCUT2D eigenvalue weighted by Gasteiger charge is 2.37. The number of alkyl halides is 1. The van der Waals surface area contributed by atoms with Crippen LogP contribution in [0.2, 0.25) is 5.02 Å². The van der Waals surface area contributed by atoms with Crippen molar-refractivity contribution in [3.63, 3.8) is 0 Å². The highest BCUT2D eigenvalue weighted by Crippen LogP contribution is 2.56. The van der Waals surface area contributed by atoms with Crippen molar-refractivity contribution in [2.24, 2.45) is 0 Å². The molecule has 0 saturated heterocycles. The first-order valence-corrected chi connectivity index (χ1v) is 9.43. The van der Waals surface area contributed by atoms with E-state index in [1.807, 2.05) is 61.5 Å². The highest BCUT2D eigenvalue weighted by atomic mass is 35.5. The number of nitrogens with zero attached hydrogens (tertiary/aromatic N) is 3. The number of hydrogen-bond donors (Lipinski definition) is 0. The van der Waals surface area contributed by atoms with E-state index >= 15 is 0 Å². The molecule has 25 heavy (non-hydrogen) atoms. The lowest BCUT2D eigenvalue weighted by atomic mass is 10.1. The summed E-state index contributed by atoms with van der Waals surface area (Å²) in [7, 11) is 4.00. The third kappa shape index (κ3) is 3.12. The largest absolute Gasteiger partial charge is 0.419 e. The third-order valence-electron chi connectivity index (χ3n) is 4.11. The van der Waals surface area contributed by atoms with Gasteiger partial charge < -0.3 is 9.32 Å². The second kappa shape index (κ2) is 6.56. The van der Waals surface area contributed by atoms with E-state index in [0.717, 1.165) is 21.7 Å². The van der Waals surface area contributed by atoms with E-state index in [4.69, 9.17) is 27.6 Å². The molecule has 0 amide bonds. The smallest absolute Gasteiger partial charge is 0.247 e. The van der Waals surface area contributed by atoms with E-state index in [1.54, 1.807) is 11.8 Å². The van der Waals surface area contributed by atoms with Crippen molar-refractivity contribution in [1.29, 1.82) is 0 Å². The standard InChI is InChI=1S/C18H15Cl2N3OS/c1-23(2)12-6-3-10(4-7-12)17-21-22-18(24-17)16-15(20)13-8-5-11(19)9-14(13)25-16/h3-9,15-16H,1-2H3. The van der Waals surface area contributed by atoms with Crippen molar-refractivity contribution in [3.05, 3.63) is 58.9 Å². The summed E-state index contributed by atoms with van der Waals surface area (Å²) in [5.41, 5.74) is 3.05. The van der Waals surface area contributed by atoms with Gasteiger partial charge in [0.2, 0.25) is 11.8 Å². The van der Waals surface area contributed by atoms with Gasteiger partial charge in [-0.25, -0.2) is 0 Å². The lowest BCUT2D eigenvalue weighted by molar-refractivity contribution is 0.499. The molecule has 0 spiro atoms. The van der Waals surface area contributed by atoms with Crippen LogP contribution in [0.3, 0.4) is 0 Å². The maximum Gasteiger partial charge on any atom is 0.247 e. The molecular formula is C18H15Cl2N3OS. The van der Waals surface area contributed by atoms with Crippen LogP contribution in [0.5, 0.6) is 0 Å². The van der Waals surface area contributed by atoms with Gasteiger partial charge in [-0.15, -0.1) is 33.6 Å². The van der Waals surface area contributed by atoms with Crippen LogP contribution in [-0.2, 0) is 0 Å². The van der Waals surface area contributed by atoms with Crippen LogP contribution in [0.25, 0.3) is 11.5 Å². The van der Waals surface area contributed by atoms with Crippen molar-refractivity contribution >= 4 is 40.7 Å². The van der Waals surface area contributed by atoms with Gasteiger partial charge in [0.1, 0.15) is 5.25 Å². The summed E-state index contributed by atoms with van der Waals surface area (Å²) < 4.78 is 5.91. The average molecular weight is 392 g/mol. The molecule has 0 radical (unpaired) electrons. The minimum absolute atomic E-state index is 0.113. The Labute approximate surface area is 160 Å². The Morgan fingerprint density at radius 2 is 1.84 bits per heavy atom. The lowest BCUT2D eigenvalue weighted by Gasteiger charge is -2.11. The van der Waals surface area contributed by atoms with Gasteiger partial charge in [-0.05, 0) is 42.0 Å². The molecule has 2 atom stereocenters. The Morgan fingerprint density at radius 3 is 2.56 bits per heavy atom. The second-order valence-electron chi connectivity index (χ2n) is 6.01. The van der Waals surface area contributed by atoms with Crippen LogP contribution in [0.4, 0.5) is 5.69 Å². The molecule has 2 unspecified atom stereocenters. The van der Waals surface area contributed by atoms with Gasteiger partial charge in [0.05, 0.1) is 5.38 Å². The van der Waals surface area contributed by atoms with Crippen LogP contribution in [-0.4, -0.2) is 24.3 Å². The van der Waals surface area contributed by atoms with E-state index in [2.05, 4.69) is 10.2 Å². The SMILES string of the molecule is CN(C)c1ccc(-c2nnc(C3Sc4cc(Cl)ccc4C3Cl)o2)cc1. The Hall–Kier alpha value is -1.69. The maximum atomic E-state index is 6.61. The average Bonchev–Trinajstić information content (AvgIpc) is 3.20. The maximum absolute atomic E-state index is 6.61. The summed E-state index contributed by atoms with van der Waals surface area (Å²) in [6.45, 7) is 0. The second-order valence-corrected chi connectivity index (χ2v) is 8.10. The van der Waals surface area contributed by atoms with Crippen LogP contribution in [0, 0.1) is 0 Å². The first-order valence-electron chi connectivity index (χ1n) is 7.74. The molecule has 0 fully saturated rings. The molecule has 0 bridgehead atoms.